The number of anilines is 1. The quantitative estimate of drug-likeness (QED) is 0.408. The number of halogens is 1. The minimum Gasteiger partial charge on any atom is -0.488 e. The van der Waals surface area contributed by atoms with Crippen LogP contribution in [0, 0.1) is 0 Å². The van der Waals surface area contributed by atoms with Gasteiger partial charge in [-0.3, -0.25) is 14.9 Å². The number of benzene rings is 3. The number of amides is 4. The van der Waals surface area contributed by atoms with Crippen molar-refractivity contribution in [2.24, 2.45) is 0 Å². The fraction of sp³-hybridized carbons (Fsp3) is 0.115. The van der Waals surface area contributed by atoms with E-state index in [-0.39, 0.29) is 12.2 Å². The highest BCUT2D eigenvalue weighted by atomic mass is 35.5. The summed E-state index contributed by atoms with van der Waals surface area (Å²) >= 11 is 6.03. The zero-order valence-electron chi connectivity index (χ0n) is 17.9. The van der Waals surface area contributed by atoms with Gasteiger partial charge in [0.15, 0.2) is 0 Å². The van der Waals surface area contributed by atoms with Crippen LogP contribution in [0.5, 0.6) is 5.75 Å². The van der Waals surface area contributed by atoms with Crippen LogP contribution in [0.4, 0.5) is 10.5 Å². The number of nitrogens with zero attached hydrogens (tertiary/aromatic N) is 1. The highest BCUT2D eigenvalue weighted by Crippen LogP contribution is 2.26. The number of barbiturate groups is 1. The van der Waals surface area contributed by atoms with Gasteiger partial charge in [-0.1, -0.05) is 61.0 Å². The molecule has 0 bridgehead atoms. The molecule has 166 valence electrons. The standard InChI is InChI=1S/C26H21ClN2O4/c1-2-17-10-12-21(13-11-17)29-25(31)22(24(30)28-26(29)32)15-19-7-3-4-9-23(19)33-16-18-6-5-8-20(27)14-18/h3-15H,2,16H2,1H3,(H,28,30,32)/b22-15+. The summed E-state index contributed by atoms with van der Waals surface area (Å²) in [5.74, 6) is -0.963. The largest absolute Gasteiger partial charge is 0.488 e. The Kier molecular flexibility index (Phi) is 6.56. The lowest BCUT2D eigenvalue weighted by atomic mass is 10.1. The van der Waals surface area contributed by atoms with Gasteiger partial charge in [0.2, 0.25) is 0 Å². The van der Waals surface area contributed by atoms with Gasteiger partial charge in [0, 0.05) is 10.6 Å². The van der Waals surface area contributed by atoms with Gasteiger partial charge in [-0.25, -0.2) is 9.69 Å². The summed E-state index contributed by atoms with van der Waals surface area (Å²) in [7, 11) is 0. The number of para-hydroxylation sites is 1. The number of urea groups is 1. The molecule has 7 heteroatoms. The smallest absolute Gasteiger partial charge is 0.335 e. The van der Waals surface area contributed by atoms with Gasteiger partial charge >= 0.3 is 6.03 Å². The second-order valence-electron chi connectivity index (χ2n) is 7.43. The average Bonchev–Trinajstić information content (AvgIpc) is 2.81. The van der Waals surface area contributed by atoms with Gasteiger partial charge in [-0.15, -0.1) is 0 Å². The summed E-state index contributed by atoms with van der Waals surface area (Å²) in [6, 6.07) is 20.6. The Bertz CT molecular complexity index is 1250. The first-order chi connectivity index (χ1) is 16.0. The molecule has 1 N–H and O–H groups in total. The van der Waals surface area contributed by atoms with E-state index in [0.29, 0.717) is 22.0 Å². The molecule has 3 aromatic rings. The Morgan fingerprint density at radius 1 is 0.939 bits per heavy atom. The van der Waals surface area contributed by atoms with Gasteiger partial charge in [-0.2, -0.15) is 0 Å². The molecule has 0 spiro atoms. The highest BCUT2D eigenvalue weighted by Gasteiger charge is 2.36. The molecule has 0 saturated carbocycles. The Hall–Kier alpha value is -3.90. The number of carbonyl (C=O) groups is 3. The minimum absolute atomic E-state index is 0.159. The Morgan fingerprint density at radius 3 is 2.42 bits per heavy atom. The molecule has 4 amide bonds. The molecule has 1 fully saturated rings. The van der Waals surface area contributed by atoms with Crippen molar-refractivity contribution < 1.29 is 19.1 Å². The van der Waals surface area contributed by atoms with Crippen molar-refractivity contribution in [1.82, 2.24) is 5.32 Å². The zero-order chi connectivity index (χ0) is 23.4. The van der Waals surface area contributed by atoms with Crippen LogP contribution in [0.2, 0.25) is 5.02 Å². The summed E-state index contributed by atoms with van der Waals surface area (Å²) in [6.45, 7) is 2.27. The predicted octanol–water partition coefficient (Wildman–Crippen LogP) is 5.15. The molecule has 4 rings (SSSR count). The van der Waals surface area contributed by atoms with Crippen molar-refractivity contribution in [2.45, 2.75) is 20.0 Å². The lowest BCUT2D eigenvalue weighted by molar-refractivity contribution is -0.122. The number of nitrogens with one attached hydrogen (secondary N) is 1. The minimum atomic E-state index is -0.781. The van der Waals surface area contributed by atoms with E-state index in [2.05, 4.69) is 5.32 Å². The van der Waals surface area contributed by atoms with E-state index in [1.165, 1.54) is 6.08 Å². The monoisotopic (exact) mass is 460 g/mol. The summed E-state index contributed by atoms with van der Waals surface area (Å²) in [5, 5.41) is 2.85. The predicted molar refractivity (Wildman–Crippen MR) is 127 cm³/mol. The SMILES string of the molecule is CCc1ccc(N2C(=O)NC(=O)/C(=C\c3ccccc3OCc3cccc(Cl)c3)C2=O)cc1. The van der Waals surface area contributed by atoms with Gasteiger partial charge in [0.05, 0.1) is 5.69 Å². The van der Waals surface area contributed by atoms with E-state index in [4.69, 9.17) is 16.3 Å². The van der Waals surface area contributed by atoms with Crippen LogP contribution in [-0.4, -0.2) is 17.8 Å². The van der Waals surface area contributed by atoms with E-state index in [1.807, 2.05) is 31.2 Å². The van der Waals surface area contributed by atoms with E-state index in [1.54, 1.807) is 48.5 Å². The van der Waals surface area contributed by atoms with E-state index < -0.39 is 17.8 Å². The average molecular weight is 461 g/mol. The molecule has 0 unspecified atom stereocenters. The maximum Gasteiger partial charge on any atom is 0.335 e. The van der Waals surface area contributed by atoms with Gasteiger partial charge < -0.3 is 4.74 Å². The number of hydrogen-bond donors (Lipinski definition) is 1. The van der Waals surface area contributed by atoms with Crippen molar-refractivity contribution in [3.05, 3.63) is 100 Å². The van der Waals surface area contributed by atoms with Crippen molar-refractivity contribution in [1.29, 1.82) is 0 Å². The molecule has 0 aromatic heterocycles. The number of hydrogen-bond acceptors (Lipinski definition) is 4. The molecular weight excluding hydrogens is 440 g/mol. The van der Waals surface area contributed by atoms with Crippen LogP contribution >= 0.6 is 11.6 Å². The first-order valence-electron chi connectivity index (χ1n) is 10.4. The first kappa shape index (κ1) is 22.3. The fourth-order valence-electron chi connectivity index (χ4n) is 3.45. The summed E-state index contributed by atoms with van der Waals surface area (Å²) < 4.78 is 5.92. The Morgan fingerprint density at radius 2 is 1.70 bits per heavy atom. The van der Waals surface area contributed by atoms with E-state index in [9.17, 15) is 14.4 Å². The van der Waals surface area contributed by atoms with Crippen molar-refractivity contribution in [3.63, 3.8) is 0 Å². The Labute approximate surface area is 196 Å². The van der Waals surface area contributed by atoms with Gasteiger partial charge in [-0.05, 0) is 54.0 Å². The second-order valence-corrected chi connectivity index (χ2v) is 7.87. The summed E-state index contributed by atoms with van der Waals surface area (Å²) in [4.78, 5) is 39.1. The van der Waals surface area contributed by atoms with Crippen LogP contribution < -0.4 is 15.0 Å². The van der Waals surface area contributed by atoms with Crippen LogP contribution in [0.25, 0.3) is 6.08 Å². The Balaban J connectivity index is 1.62. The first-order valence-corrected chi connectivity index (χ1v) is 10.8. The molecular formula is C26H21ClN2O4. The number of aryl methyl sites for hydroxylation is 1. The molecule has 6 nitrogen and oxygen atoms in total. The maximum atomic E-state index is 13.2. The highest BCUT2D eigenvalue weighted by molar-refractivity contribution is 6.39. The zero-order valence-corrected chi connectivity index (χ0v) is 18.6. The molecule has 1 aliphatic heterocycles. The summed E-state index contributed by atoms with van der Waals surface area (Å²) in [5.41, 5.74) is 2.71. The van der Waals surface area contributed by atoms with E-state index >= 15 is 0 Å². The second kappa shape index (κ2) is 9.71. The maximum absolute atomic E-state index is 13.2. The van der Waals surface area contributed by atoms with Crippen molar-refractivity contribution >= 4 is 41.2 Å². The third-order valence-corrected chi connectivity index (χ3v) is 5.44. The van der Waals surface area contributed by atoms with Gasteiger partial charge in [0.1, 0.15) is 17.9 Å². The lowest BCUT2D eigenvalue weighted by Crippen LogP contribution is -2.54. The summed E-state index contributed by atoms with van der Waals surface area (Å²) in [6.07, 6.45) is 2.26. The molecule has 3 aromatic carbocycles. The lowest BCUT2D eigenvalue weighted by Gasteiger charge is -2.26. The van der Waals surface area contributed by atoms with Crippen molar-refractivity contribution in [3.8, 4) is 5.75 Å². The molecule has 1 aliphatic rings. The molecule has 0 aliphatic carbocycles. The molecule has 1 heterocycles. The van der Waals surface area contributed by atoms with E-state index in [0.717, 1.165) is 22.4 Å². The third-order valence-electron chi connectivity index (χ3n) is 5.21. The normalized spacial score (nSPS) is 15.0. The molecule has 0 atom stereocenters. The van der Waals surface area contributed by atoms with Crippen LogP contribution in [0.1, 0.15) is 23.6 Å². The molecule has 1 saturated heterocycles. The topological polar surface area (TPSA) is 75.7 Å². The van der Waals surface area contributed by atoms with Crippen molar-refractivity contribution in [2.75, 3.05) is 4.90 Å². The molecule has 0 radical (unpaired) electrons. The van der Waals surface area contributed by atoms with Crippen LogP contribution in [0.15, 0.2) is 78.4 Å². The number of imide groups is 2. The number of carbonyl (C=O) groups excluding carboxylic acids is 3. The van der Waals surface area contributed by atoms with Gasteiger partial charge in [0.25, 0.3) is 11.8 Å². The third kappa shape index (κ3) is 4.96. The number of ether oxygens (including phenoxy) is 1. The fourth-order valence-corrected chi connectivity index (χ4v) is 3.66. The van der Waals surface area contributed by atoms with Crippen LogP contribution in [0.3, 0.4) is 0 Å². The molecule has 33 heavy (non-hydrogen) atoms. The number of rotatable bonds is 6. The van der Waals surface area contributed by atoms with Crippen LogP contribution in [-0.2, 0) is 22.6 Å².